The molecule has 2 aliphatic carbocycles. The van der Waals surface area contributed by atoms with E-state index in [-0.39, 0.29) is 0 Å². The average Bonchev–Trinajstić information content (AvgIpc) is 4.01. The molecule has 1 heterocycles. The van der Waals surface area contributed by atoms with Gasteiger partial charge in [-0.1, -0.05) is 212 Å². The molecular weight excluding hydrogens is 775 g/mol. The Balaban J connectivity index is 1.16. The molecule has 1 aromatic heterocycles. The van der Waals surface area contributed by atoms with Gasteiger partial charge >= 0.3 is 0 Å². The standard InChI is InChI=1S/C62H41NO/c1-5-21-42(22-6-1)61(43-23-7-2-8-24-43)52-33-17-14-30-49(52)59-53(61)34-19-35-55(59)63(56-36-20-38-58-60(56)50-31-15-18-37-57(50)64-58)46-39-40-48-47-29-13-16-32-51(47)62(54(48)41-46,44-25-9-3-10-26-44)45-27-11-4-12-28-45/h1-41H. The Morgan fingerprint density at radius 1 is 0.312 bits per heavy atom. The van der Waals surface area contributed by atoms with Gasteiger partial charge in [0.2, 0.25) is 0 Å². The van der Waals surface area contributed by atoms with Crippen LogP contribution in [0.3, 0.4) is 0 Å². The zero-order valence-corrected chi connectivity index (χ0v) is 35.0. The van der Waals surface area contributed by atoms with Crippen LogP contribution in [0.25, 0.3) is 44.2 Å². The minimum Gasteiger partial charge on any atom is -0.456 e. The van der Waals surface area contributed by atoms with Gasteiger partial charge in [0.05, 0.1) is 27.6 Å². The number of benzene rings is 10. The number of rotatable bonds is 7. The third-order valence-corrected chi connectivity index (χ3v) is 14.0. The van der Waals surface area contributed by atoms with Gasteiger partial charge in [0.25, 0.3) is 0 Å². The van der Waals surface area contributed by atoms with Crippen LogP contribution in [0.4, 0.5) is 17.1 Å². The zero-order valence-electron chi connectivity index (χ0n) is 35.0. The van der Waals surface area contributed by atoms with Gasteiger partial charge in [-0.05, 0) is 97.6 Å². The van der Waals surface area contributed by atoms with E-state index in [0.29, 0.717) is 0 Å². The van der Waals surface area contributed by atoms with Crippen LogP contribution in [0.2, 0.25) is 0 Å². The fourth-order valence-electron chi connectivity index (χ4n) is 11.6. The highest BCUT2D eigenvalue weighted by atomic mass is 16.3. The molecule has 0 amide bonds. The van der Waals surface area contributed by atoms with E-state index in [4.69, 9.17) is 4.42 Å². The van der Waals surface area contributed by atoms with Gasteiger partial charge in [-0.25, -0.2) is 0 Å². The summed E-state index contributed by atoms with van der Waals surface area (Å²) in [6, 6.07) is 91.5. The second-order valence-electron chi connectivity index (χ2n) is 17.1. The smallest absolute Gasteiger partial charge is 0.137 e. The van der Waals surface area contributed by atoms with Crippen molar-refractivity contribution in [3.05, 3.63) is 293 Å². The summed E-state index contributed by atoms with van der Waals surface area (Å²) in [6.45, 7) is 0. The van der Waals surface area contributed by atoms with E-state index >= 15 is 0 Å². The molecule has 2 heteroatoms. The quantitative estimate of drug-likeness (QED) is 0.159. The molecular formula is C62H41NO. The van der Waals surface area contributed by atoms with Gasteiger partial charge < -0.3 is 9.32 Å². The van der Waals surface area contributed by atoms with Gasteiger partial charge in [0, 0.05) is 16.6 Å². The predicted molar refractivity (Wildman–Crippen MR) is 263 cm³/mol. The van der Waals surface area contributed by atoms with E-state index in [9.17, 15) is 0 Å². The third kappa shape index (κ3) is 4.97. The summed E-state index contributed by atoms with van der Waals surface area (Å²) in [4.78, 5) is 2.52. The number of furan rings is 1. The molecule has 0 radical (unpaired) electrons. The average molecular weight is 816 g/mol. The molecule has 0 saturated heterocycles. The number of hydrogen-bond acceptors (Lipinski definition) is 2. The molecule has 64 heavy (non-hydrogen) atoms. The summed E-state index contributed by atoms with van der Waals surface area (Å²) in [5.41, 5.74) is 18.8. The van der Waals surface area contributed by atoms with Crippen molar-refractivity contribution in [3.63, 3.8) is 0 Å². The van der Waals surface area contributed by atoms with Gasteiger partial charge in [0.15, 0.2) is 0 Å². The monoisotopic (exact) mass is 815 g/mol. The fraction of sp³-hybridized carbons (Fsp3) is 0.0323. The third-order valence-electron chi connectivity index (χ3n) is 14.0. The summed E-state index contributed by atoms with van der Waals surface area (Å²) < 4.78 is 6.65. The van der Waals surface area contributed by atoms with Crippen molar-refractivity contribution in [1.29, 1.82) is 0 Å². The van der Waals surface area contributed by atoms with E-state index in [1.165, 1.54) is 66.8 Å². The fourth-order valence-corrected chi connectivity index (χ4v) is 11.6. The Hall–Kier alpha value is -8.20. The topological polar surface area (TPSA) is 16.4 Å². The molecule has 2 aliphatic rings. The molecule has 0 bridgehead atoms. The Morgan fingerprint density at radius 2 is 0.766 bits per heavy atom. The summed E-state index contributed by atoms with van der Waals surface area (Å²) in [5.74, 6) is 0. The molecule has 0 atom stereocenters. The van der Waals surface area contributed by atoms with Crippen LogP contribution in [-0.4, -0.2) is 0 Å². The normalized spacial score (nSPS) is 13.9. The summed E-state index contributed by atoms with van der Waals surface area (Å²) in [6.07, 6.45) is 0. The highest BCUT2D eigenvalue weighted by Crippen LogP contribution is 2.61. The summed E-state index contributed by atoms with van der Waals surface area (Å²) in [5, 5.41) is 2.17. The lowest BCUT2D eigenvalue weighted by atomic mass is 9.67. The Labute approximate surface area is 373 Å². The molecule has 300 valence electrons. The molecule has 0 aliphatic heterocycles. The highest BCUT2D eigenvalue weighted by Gasteiger charge is 2.49. The highest BCUT2D eigenvalue weighted by molar-refractivity contribution is 6.14. The maximum atomic E-state index is 6.65. The Morgan fingerprint density at radius 3 is 1.41 bits per heavy atom. The summed E-state index contributed by atoms with van der Waals surface area (Å²) >= 11 is 0. The Kier molecular flexibility index (Phi) is 8.07. The number of fused-ring (bicyclic) bond motifs is 9. The first-order valence-electron chi connectivity index (χ1n) is 22.2. The molecule has 0 saturated carbocycles. The minimum atomic E-state index is -0.564. The predicted octanol–water partition coefficient (Wildman–Crippen LogP) is 15.8. The van der Waals surface area contributed by atoms with E-state index in [1.807, 2.05) is 0 Å². The molecule has 13 rings (SSSR count). The SMILES string of the molecule is c1ccc(C2(c3ccccc3)c3ccccc3-c3ccc(N(c4cccc5c4-c4ccccc4C5(c4ccccc4)c4ccccc4)c4cccc5oc6ccccc6c45)cc32)cc1. The van der Waals surface area contributed by atoms with Gasteiger partial charge in [-0.2, -0.15) is 0 Å². The molecule has 10 aromatic carbocycles. The van der Waals surface area contributed by atoms with Crippen molar-refractivity contribution in [3.8, 4) is 22.3 Å². The molecule has 0 fully saturated rings. The number of hydrogen-bond donors (Lipinski definition) is 0. The molecule has 11 aromatic rings. The lowest BCUT2D eigenvalue weighted by Crippen LogP contribution is -2.29. The van der Waals surface area contributed by atoms with Crippen LogP contribution >= 0.6 is 0 Å². The van der Waals surface area contributed by atoms with E-state index in [0.717, 1.165) is 39.0 Å². The molecule has 0 N–H and O–H groups in total. The van der Waals surface area contributed by atoms with E-state index < -0.39 is 10.8 Å². The lowest BCUT2D eigenvalue weighted by Gasteiger charge is -2.35. The molecule has 2 nitrogen and oxygen atoms in total. The first kappa shape index (κ1) is 36.5. The van der Waals surface area contributed by atoms with Crippen molar-refractivity contribution >= 4 is 39.0 Å². The van der Waals surface area contributed by atoms with Crippen LogP contribution in [0, 0.1) is 0 Å². The van der Waals surface area contributed by atoms with Crippen LogP contribution in [-0.2, 0) is 10.8 Å². The largest absolute Gasteiger partial charge is 0.456 e. The van der Waals surface area contributed by atoms with Gasteiger partial charge in [-0.15, -0.1) is 0 Å². The lowest BCUT2D eigenvalue weighted by molar-refractivity contribution is 0.669. The number of anilines is 3. The van der Waals surface area contributed by atoms with E-state index in [2.05, 4.69) is 254 Å². The van der Waals surface area contributed by atoms with Crippen LogP contribution in [0.1, 0.15) is 44.5 Å². The van der Waals surface area contributed by atoms with Crippen molar-refractivity contribution in [2.45, 2.75) is 10.8 Å². The Bertz CT molecular complexity index is 3470. The van der Waals surface area contributed by atoms with Crippen LogP contribution in [0.15, 0.2) is 253 Å². The zero-order chi connectivity index (χ0) is 42.2. The van der Waals surface area contributed by atoms with Gasteiger partial charge in [-0.3, -0.25) is 0 Å². The van der Waals surface area contributed by atoms with Crippen molar-refractivity contribution in [2.75, 3.05) is 4.90 Å². The maximum absolute atomic E-state index is 6.65. The number of nitrogens with zero attached hydrogens (tertiary/aromatic N) is 1. The number of para-hydroxylation sites is 1. The second-order valence-corrected chi connectivity index (χ2v) is 17.1. The van der Waals surface area contributed by atoms with Crippen LogP contribution < -0.4 is 4.90 Å². The van der Waals surface area contributed by atoms with Gasteiger partial charge in [0.1, 0.15) is 11.2 Å². The van der Waals surface area contributed by atoms with Crippen molar-refractivity contribution in [1.82, 2.24) is 0 Å². The van der Waals surface area contributed by atoms with E-state index in [1.54, 1.807) is 0 Å². The molecule has 0 unspecified atom stereocenters. The second kappa shape index (κ2) is 14.2. The minimum absolute atomic E-state index is 0.556. The molecule has 0 spiro atoms. The first-order valence-corrected chi connectivity index (χ1v) is 22.2. The van der Waals surface area contributed by atoms with Crippen molar-refractivity contribution < 1.29 is 4.42 Å². The van der Waals surface area contributed by atoms with Crippen LogP contribution in [0.5, 0.6) is 0 Å². The first-order chi connectivity index (χ1) is 31.8. The maximum Gasteiger partial charge on any atom is 0.137 e. The summed E-state index contributed by atoms with van der Waals surface area (Å²) in [7, 11) is 0. The van der Waals surface area contributed by atoms with Crippen molar-refractivity contribution in [2.24, 2.45) is 0 Å².